The van der Waals surface area contributed by atoms with Crippen molar-refractivity contribution in [1.82, 2.24) is 15.0 Å². The third kappa shape index (κ3) is 2.87. The van der Waals surface area contributed by atoms with Crippen molar-refractivity contribution in [3.63, 3.8) is 0 Å². The fourth-order valence-electron chi connectivity index (χ4n) is 2.98. The molecule has 0 bridgehead atoms. The first-order valence-electron chi connectivity index (χ1n) is 7.92. The lowest BCUT2D eigenvalue weighted by Crippen LogP contribution is -2.34. The molecule has 124 valence electrons. The molecular formula is C17H17N3O3S. The molecule has 1 fully saturated rings. The largest absolute Gasteiger partial charge is 0.465 e. The predicted octanol–water partition coefficient (Wildman–Crippen LogP) is 3.34. The van der Waals surface area contributed by atoms with Crippen LogP contribution in [-0.2, 0) is 4.79 Å². The first-order chi connectivity index (χ1) is 11.7. The molecule has 24 heavy (non-hydrogen) atoms. The summed E-state index contributed by atoms with van der Waals surface area (Å²) >= 11 is 1.66. The monoisotopic (exact) mass is 343 g/mol. The molecule has 0 aliphatic carbocycles. The molecule has 7 heteroatoms. The number of hydrogen-bond donors (Lipinski definition) is 0. The summed E-state index contributed by atoms with van der Waals surface area (Å²) < 4.78 is 11.5. The Kier molecular flexibility index (Phi) is 3.93. The summed E-state index contributed by atoms with van der Waals surface area (Å²) in [6.45, 7) is 2.49. The smallest absolute Gasteiger partial charge is 0.261 e. The number of carbonyl (C=O) groups excluding carboxylic acids is 1. The molecule has 1 aliphatic rings. The molecule has 1 amide bonds. The van der Waals surface area contributed by atoms with Crippen LogP contribution in [0.3, 0.4) is 0 Å². The van der Waals surface area contributed by atoms with Crippen molar-refractivity contribution in [2.45, 2.75) is 25.8 Å². The van der Waals surface area contributed by atoms with Crippen molar-refractivity contribution < 1.29 is 14.1 Å². The van der Waals surface area contributed by atoms with Gasteiger partial charge >= 0.3 is 0 Å². The lowest BCUT2D eigenvalue weighted by molar-refractivity contribution is -0.134. The predicted molar refractivity (Wildman–Crippen MR) is 90.0 cm³/mol. The number of fused-ring (bicyclic) bond motifs is 1. The molecule has 0 radical (unpaired) electrons. The van der Waals surface area contributed by atoms with Gasteiger partial charge in [-0.25, -0.2) is 4.98 Å². The fraction of sp³-hybridized carbons (Fsp3) is 0.353. The van der Waals surface area contributed by atoms with Crippen LogP contribution in [0.4, 0.5) is 0 Å². The number of para-hydroxylation sites is 1. The van der Waals surface area contributed by atoms with Gasteiger partial charge in [0.15, 0.2) is 6.61 Å². The van der Waals surface area contributed by atoms with E-state index < -0.39 is 0 Å². The Morgan fingerprint density at radius 3 is 3.12 bits per heavy atom. The van der Waals surface area contributed by atoms with Gasteiger partial charge in [0.05, 0.1) is 16.3 Å². The molecule has 3 aromatic rings. The van der Waals surface area contributed by atoms with Gasteiger partial charge in [0.1, 0.15) is 10.8 Å². The second-order valence-electron chi connectivity index (χ2n) is 5.83. The van der Waals surface area contributed by atoms with E-state index in [4.69, 9.17) is 14.2 Å². The van der Waals surface area contributed by atoms with Gasteiger partial charge in [-0.05, 0) is 37.1 Å². The van der Waals surface area contributed by atoms with E-state index in [9.17, 15) is 4.79 Å². The van der Waals surface area contributed by atoms with Crippen molar-refractivity contribution >= 4 is 27.5 Å². The van der Waals surface area contributed by atoms with Gasteiger partial charge in [-0.1, -0.05) is 12.1 Å². The average Bonchev–Trinajstić information content (AvgIpc) is 3.30. The Morgan fingerprint density at radius 1 is 1.46 bits per heavy atom. The number of nitrogens with zero attached hydrogens (tertiary/aromatic N) is 3. The third-order valence-electron chi connectivity index (χ3n) is 4.12. The van der Waals surface area contributed by atoms with Crippen LogP contribution in [0.15, 0.2) is 34.9 Å². The van der Waals surface area contributed by atoms with E-state index in [-0.39, 0.29) is 18.6 Å². The molecule has 6 nitrogen and oxygen atoms in total. The van der Waals surface area contributed by atoms with Crippen LogP contribution in [0.5, 0.6) is 5.88 Å². The lowest BCUT2D eigenvalue weighted by Gasteiger charge is -2.22. The molecule has 1 aliphatic heterocycles. The van der Waals surface area contributed by atoms with Crippen LogP contribution in [0, 0.1) is 6.92 Å². The molecule has 4 rings (SSSR count). The molecular weight excluding hydrogens is 326 g/mol. The van der Waals surface area contributed by atoms with Crippen molar-refractivity contribution in [1.29, 1.82) is 0 Å². The minimum absolute atomic E-state index is 0.0344. The highest BCUT2D eigenvalue weighted by atomic mass is 32.1. The molecule has 1 atom stereocenters. The van der Waals surface area contributed by atoms with E-state index in [2.05, 4.69) is 11.2 Å². The van der Waals surface area contributed by atoms with Crippen LogP contribution < -0.4 is 4.74 Å². The minimum atomic E-state index is -0.0441. The normalized spacial score (nSPS) is 17.5. The van der Waals surface area contributed by atoms with Crippen molar-refractivity contribution in [3.8, 4) is 5.88 Å². The summed E-state index contributed by atoms with van der Waals surface area (Å²) in [6, 6.07) is 9.77. The molecule has 0 saturated carbocycles. The fourth-order valence-corrected chi connectivity index (χ4v) is 4.10. The number of ether oxygens (including phenoxy) is 1. The quantitative estimate of drug-likeness (QED) is 0.727. The van der Waals surface area contributed by atoms with E-state index in [0.717, 1.165) is 34.6 Å². The maximum absolute atomic E-state index is 12.5. The summed E-state index contributed by atoms with van der Waals surface area (Å²) in [7, 11) is 0. The van der Waals surface area contributed by atoms with Crippen LogP contribution in [-0.4, -0.2) is 34.1 Å². The van der Waals surface area contributed by atoms with Crippen LogP contribution in [0.25, 0.3) is 10.2 Å². The number of aryl methyl sites for hydroxylation is 1. The van der Waals surface area contributed by atoms with E-state index in [1.165, 1.54) is 0 Å². The van der Waals surface area contributed by atoms with Crippen molar-refractivity contribution in [2.75, 3.05) is 13.2 Å². The van der Waals surface area contributed by atoms with Gasteiger partial charge in [-0.2, -0.15) is 0 Å². The third-order valence-corrected chi connectivity index (χ3v) is 5.26. The number of benzene rings is 1. The zero-order valence-corrected chi connectivity index (χ0v) is 14.1. The highest BCUT2D eigenvalue weighted by molar-refractivity contribution is 7.18. The molecule has 1 saturated heterocycles. The van der Waals surface area contributed by atoms with Gasteiger partial charge < -0.3 is 14.2 Å². The highest BCUT2D eigenvalue weighted by Gasteiger charge is 2.32. The van der Waals surface area contributed by atoms with E-state index >= 15 is 0 Å². The standard InChI is InChI=1S/C17H17N3O3S/c1-11-9-15(19-23-11)22-10-16(21)20-8-4-6-13(20)17-18-12-5-2-3-7-14(12)24-17/h2-3,5,7,9,13H,4,6,8,10H2,1H3/t13-/m1/s1. The number of carbonyl (C=O) groups is 1. The van der Waals surface area contributed by atoms with Crippen LogP contribution >= 0.6 is 11.3 Å². The van der Waals surface area contributed by atoms with Crippen molar-refractivity contribution in [2.24, 2.45) is 0 Å². The summed E-state index contributed by atoms with van der Waals surface area (Å²) in [6.07, 6.45) is 1.92. The Balaban J connectivity index is 1.48. The summed E-state index contributed by atoms with van der Waals surface area (Å²) in [5.74, 6) is 0.958. The Labute approximate surface area is 143 Å². The maximum atomic E-state index is 12.5. The number of rotatable bonds is 4. The van der Waals surface area contributed by atoms with E-state index in [1.807, 2.05) is 23.1 Å². The number of hydrogen-bond acceptors (Lipinski definition) is 6. The zero-order chi connectivity index (χ0) is 16.5. The summed E-state index contributed by atoms with van der Waals surface area (Å²) in [5, 5.41) is 4.74. The molecule has 3 heterocycles. The minimum Gasteiger partial charge on any atom is -0.465 e. The summed E-state index contributed by atoms with van der Waals surface area (Å²) in [5.41, 5.74) is 0.992. The van der Waals surface area contributed by atoms with Gasteiger partial charge in [-0.15, -0.1) is 11.3 Å². The topological polar surface area (TPSA) is 68.5 Å². The number of likely N-dealkylation sites (tertiary alicyclic amines) is 1. The lowest BCUT2D eigenvalue weighted by atomic mass is 10.2. The number of aromatic nitrogens is 2. The highest BCUT2D eigenvalue weighted by Crippen LogP contribution is 2.36. The maximum Gasteiger partial charge on any atom is 0.261 e. The molecule has 0 spiro atoms. The molecule has 1 aromatic carbocycles. The molecule has 0 unspecified atom stereocenters. The van der Waals surface area contributed by atoms with Gasteiger partial charge in [0, 0.05) is 12.6 Å². The van der Waals surface area contributed by atoms with Gasteiger partial charge in [0.2, 0.25) is 0 Å². The SMILES string of the molecule is Cc1cc(OCC(=O)N2CCC[C@@H]2c2nc3ccccc3s2)no1. The van der Waals surface area contributed by atoms with Gasteiger partial charge in [0.25, 0.3) is 11.8 Å². The Hall–Kier alpha value is -2.41. The Bertz CT molecular complexity index is 840. The van der Waals surface area contributed by atoms with Crippen molar-refractivity contribution in [3.05, 3.63) is 41.1 Å². The number of amides is 1. The van der Waals surface area contributed by atoms with Crippen LogP contribution in [0.1, 0.15) is 29.7 Å². The van der Waals surface area contributed by atoms with E-state index in [0.29, 0.717) is 11.6 Å². The first kappa shape index (κ1) is 15.1. The summed E-state index contributed by atoms with van der Waals surface area (Å²) in [4.78, 5) is 19.1. The molecule has 0 N–H and O–H groups in total. The second kappa shape index (κ2) is 6.24. The van der Waals surface area contributed by atoms with E-state index in [1.54, 1.807) is 24.3 Å². The average molecular weight is 343 g/mol. The first-order valence-corrected chi connectivity index (χ1v) is 8.73. The Morgan fingerprint density at radius 2 is 2.33 bits per heavy atom. The van der Waals surface area contributed by atoms with Crippen LogP contribution in [0.2, 0.25) is 0 Å². The molecule has 2 aromatic heterocycles. The second-order valence-corrected chi connectivity index (χ2v) is 6.89. The zero-order valence-electron chi connectivity index (χ0n) is 13.3. The number of thiazole rings is 1. The van der Waals surface area contributed by atoms with Gasteiger partial charge in [-0.3, -0.25) is 4.79 Å².